The third kappa shape index (κ3) is 19.9. The molecule has 0 rings (SSSR count). The van der Waals surface area contributed by atoms with Crippen LogP contribution in [0.4, 0.5) is 0 Å². The van der Waals surface area contributed by atoms with Crippen LogP contribution in [0.25, 0.3) is 0 Å². The van der Waals surface area contributed by atoms with Crippen LogP contribution in [0.15, 0.2) is 0 Å². The second kappa shape index (κ2) is 22.6. The standard InChI is InChI=1S/C26H50/c1-4-7-10-12-14-16-18-20-22-25-26(23-9-6-3)24-21-19-17-15-13-11-8-5-2/h3,26H,4-5,7-25H2,1-2H3. The maximum atomic E-state index is 5.51. The van der Waals surface area contributed by atoms with Crippen LogP contribution < -0.4 is 0 Å². The molecular weight excluding hydrogens is 312 g/mol. The van der Waals surface area contributed by atoms with Gasteiger partial charge < -0.3 is 0 Å². The highest BCUT2D eigenvalue weighted by Crippen LogP contribution is 2.23. The van der Waals surface area contributed by atoms with Gasteiger partial charge in [-0.3, -0.25) is 0 Å². The Morgan fingerprint density at radius 3 is 1.19 bits per heavy atom. The quantitative estimate of drug-likeness (QED) is 0.141. The van der Waals surface area contributed by atoms with E-state index in [4.69, 9.17) is 6.42 Å². The van der Waals surface area contributed by atoms with Crippen LogP contribution in [0.3, 0.4) is 0 Å². The predicted octanol–water partition coefficient (Wildman–Crippen LogP) is 9.47. The van der Waals surface area contributed by atoms with Crippen LogP contribution in [0.1, 0.15) is 149 Å². The van der Waals surface area contributed by atoms with Crippen molar-refractivity contribution in [3.63, 3.8) is 0 Å². The number of hydrogen-bond acceptors (Lipinski definition) is 0. The monoisotopic (exact) mass is 362 g/mol. The highest BCUT2D eigenvalue weighted by atomic mass is 14.1. The van der Waals surface area contributed by atoms with E-state index in [1.54, 1.807) is 0 Å². The molecule has 26 heavy (non-hydrogen) atoms. The smallest absolute Gasteiger partial charge is 0.00886 e. The van der Waals surface area contributed by atoms with E-state index in [9.17, 15) is 0 Å². The Labute approximate surface area is 167 Å². The van der Waals surface area contributed by atoms with Crippen LogP contribution >= 0.6 is 0 Å². The second-order valence-corrected chi connectivity index (χ2v) is 8.49. The first kappa shape index (κ1) is 25.6. The molecule has 0 aliphatic rings. The minimum Gasteiger partial charge on any atom is -0.120 e. The normalized spacial score (nSPS) is 12.2. The molecule has 0 radical (unpaired) electrons. The first-order chi connectivity index (χ1) is 12.8. The fourth-order valence-corrected chi connectivity index (χ4v) is 4.03. The average Bonchev–Trinajstić information content (AvgIpc) is 2.66. The first-order valence-electron chi connectivity index (χ1n) is 12.3. The molecule has 0 spiro atoms. The molecule has 0 aliphatic carbocycles. The van der Waals surface area contributed by atoms with Crippen LogP contribution in [0.2, 0.25) is 0 Å². The molecule has 0 amide bonds. The summed E-state index contributed by atoms with van der Waals surface area (Å²) in [5.74, 6) is 3.76. The molecule has 0 saturated carbocycles. The minimum atomic E-state index is 0.899. The lowest BCUT2D eigenvalue weighted by atomic mass is 9.90. The Morgan fingerprint density at radius 1 is 0.500 bits per heavy atom. The molecule has 1 atom stereocenters. The molecule has 0 heteroatoms. The zero-order valence-corrected chi connectivity index (χ0v) is 18.5. The molecule has 0 aromatic heterocycles. The van der Waals surface area contributed by atoms with Crippen LogP contribution in [0, 0.1) is 18.3 Å². The van der Waals surface area contributed by atoms with E-state index < -0.39 is 0 Å². The maximum Gasteiger partial charge on any atom is 0.00886 e. The summed E-state index contributed by atoms with van der Waals surface area (Å²) in [6.07, 6.45) is 35.0. The molecule has 0 nitrogen and oxygen atoms in total. The summed E-state index contributed by atoms with van der Waals surface area (Å²) in [4.78, 5) is 0. The van der Waals surface area contributed by atoms with Gasteiger partial charge >= 0.3 is 0 Å². The van der Waals surface area contributed by atoms with Gasteiger partial charge in [-0.2, -0.15) is 0 Å². The second-order valence-electron chi connectivity index (χ2n) is 8.49. The van der Waals surface area contributed by atoms with Crippen LogP contribution in [-0.2, 0) is 0 Å². The number of hydrogen-bond donors (Lipinski definition) is 0. The van der Waals surface area contributed by atoms with Crippen LogP contribution in [0.5, 0.6) is 0 Å². The molecule has 0 aliphatic heterocycles. The van der Waals surface area contributed by atoms with E-state index in [2.05, 4.69) is 19.8 Å². The maximum absolute atomic E-state index is 5.51. The molecule has 0 N–H and O–H groups in total. The van der Waals surface area contributed by atoms with Crippen molar-refractivity contribution in [3.8, 4) is 12.3 Å². The van der Waals surface area contributed by atoms with Gasteiger partial charge in [0, 0.05) is 6.42 Å². The predicted molar refractivity (Wildman–Crippen MR) is 121 cm³/mol. The van der Waals surface area contributed by atoms with Gasteiger partial charge in [-0.15, -0.1) is 12.3 Å². The Bertz CT molecular complexity index is 285. The Balaban J connectivity index is 3.55. The van der Waals surface area contributed by atoms with Gasteiger partial charge in [-0.25, -0.2) is 0 Å². The van der Waals surface area contributed by atoms with Crippen LogP contribution in [-0.4, -0.2) is 0 Å². The lowest BCUT2D eigenvalue weighted by Gasteiger charge is -2.15. The van der Waals surface area contributed by atoms with Crippen molar-refractivity contribution in [2.45, 2.75) is 149 Å². The van der Waals surface area contributed by atoms with E-state index in [1.807, 2.05) is 0 Å². The summed E-state index contributed by atoms with van der Waals surface area (Å²) >= 11 is 0. The number of terminal acetylenes is 1. The van der Waals surface area contributed by atoms with E-state index in [1.165, 1.54) is 128 Å². The third-order valence-corrected chi connectivity index (χ3v) is 5.88. The fourth-order valence-electron chi connectivity index (χ4n) is 4.03. The van der Waals surface area contributed by atoms with Crippen molar-refractivity contribution in [2.24, 2.45) is 5.92 Å². The van der Waals surface area contributed by atoms with Crippen molar-refractivity contribution in [1.29, 1.82) is 0 Å². The minimum absolute atomic E-state index is 0.899. The Morgan fingerprint density at radius 2 is 0.846 bits per heavy atom. The molecule has 0 fully saturated rings. The summed E-state index contributed by atoms with van der Waals surface area (Å²) in [6.45, 7) is 4.59. The van der Waals surface area contributed by atoms with Crippen molar-refractivity contribution in [3.05, 3.63) is 0 Å². The summed E-state index contributed by atoms with van der Waals surface area (Å²) in [6, 6.07) is 0. The van der Waals surface area contributed by atoms with Gasteiger partial charge in [0.2, 0.25) is 0 Å². The SMILES string of the molecule is C#CCCC(CCCCCCCCCC)CCCCCCCCCCC. The van der Waals surface area contributed by atoms with Crippen molar-refractivity contribution < 1.29 is 0 Å². The van der Waals surface area contributed by atoms with Gasteiger partial charge in [0.25, 0.3) is 0 Å². The first-order valence-corrected chi connectivity index (χ1v) is 12.3. The van der Waals surface area contributed by atoms with Gasteiger partial charge in [0.15, 0.2) is 0 Å². The highest BCUT2D eigenvalue weighted by Gasteiger charge is 2.08. The molecule has 0 aromatic rings. The van der Waals surface area contributed by atoms with Crippen molar-refractivity contribution in [1.82, 2.24) is 0 Å². The lowest BCUT2D eigenvalue weighted by Crippen LogP contribution is -2.01. The van der Waals surface area contributed by atoms with E-state index in [0.717, 1.165) is 12.3 Å². The summed E-state index contributed by atoms with van der Waals surface area (Å²) in [5, 5.41) is 0. The molecule has 0 heterocycles. The average molecular weight is 363 g/mol. The van der Waals surface area contributed by atoms with E-state index in [0.29, 0.717) is 0 Å². The largest absolute Gasteiger partial charge is 0.120 e. The van der Waals surface area contributed by atoms with Gasteiger partial charge in [0.1, 0.15) is 0 Å². The van der Waals surface area contributed by atoms with Gasteiger partial charge in [-0.05, 0) is 12.3 Å². The van der Waals surface area contributed by atoms with Crippen molar-refractivity contribution in [2.75, 3.05) is 0 Å². The Hall–Kier alpha value is -0.440. The highest BCUT2D eigenvalue weighted by molar-refractivity contribution is 4.84. The summed E-state index contributed by atoms with van der Waals surface area (Å²) in [5.41, 5.74) is 0. The lowest BCUT2D eigenvalue weighted by molar-refractivity contribution is 0.383. The zero-order chi connectivity index (χ0) is 19.1. The zero-order valence-electron chi connectivity index (χ0n) is 18.5. The van der Waals surface area contributed by atoms with Gasteiger partial charge in [-0.1, -0.05) is 136 Å². The molecule has 154 valence electrons. The fraction of sp³-hybridized carbons (Fsp3) is 0.923. The van der Waals surface area contributed by atoms with E-state index in [-0.39, 0.29) is 0 Å². The van der Waals surface area contributed by atoms with Crippen molar-refractivity contribution >= 4 is 0 Å². The molecule has 1 unspecified atom stereocenters. The molecule has 0 saturated heterocycles. The molecule has 0 bridgehead atoms. The molecular formula is C26H50. The summed E-state index contributed by atoms with van der Waals surface area (Å²) < 4.78 is 0. The van der Waals surface area contributed by atoms with Gasteiger partial charge in [0.05, 0.1) is 0 Å². The third-order valence-electron chi connectivity index (χ3n) is 5.88. The summed E-state index contributed by atoms with van der Waals surface area (Å²) in [7, 11) is 0. The molecule has 0 aromatic carbocycles. The van der Waals surface area contributed by atoms with E-state index >= 15 is 0 Å². The topological polar surface area (TPSA) is 0 Å². The number of rotatable bonds is 21. The number of unbranched alkanes of at least 4 members (excludes halogenated alkanes) is 15. The Kier molecular flexibility index (Phi) is 22.2.